The minimum absolute atomic E-state index is 0.138. The van der Waals surface area contributed by atoms with E-state index >= 15 is 0 Å². The molecule has 0 atom stereocenters. The maximum atomic E-state index is 12.0. The zero-order valence-corrected chi connectivity index (χ0v) is 15.8. The molecule has 0 spiro atoms. The van der Waals surface area contributed by atoms with Crippen LogP contribution >= 0.6 is 0 Å². The van der Waals surface area contributed by atoms with Crippen LogP contribution in [0.4, 0.5) is 11.6 Å². The number of amides is 1. The van der Waals surface area contributed by atoms with Crippen LogP contribution in [0.5, 0.6) is 5.75 Å². The Hall–Kier alpha value is -2.67. The molecule has 2 aromatic rings. The maximum absolute atomic E-state index is 12.0. The van der Waals surface area contributed by atoms with Crippen molar-refractivity contribution in [2.24, 2.45) is 0 Å². The quantitative estimate of drug-likeness (QED) is 0.672. The van der Waals surface area contributed by atoms with Gasteiger partial charge in [0, 0.05) is 24.6 Å². The van der Waals surface area contributed by atoms with Gasteiger partial charge in [0.15, 0.2) is 0 Å². The van der Waals surface area contributed by atoms with Gasteiger partial charge in [-0.3, -0.25) is 4.79 Å². The average Bonchev–Trinajstić information content (AvgIpc) is 2.60. The molecule has 7 heteroatoms. The van der Waals surface area contributed by atoms with E-state index in [0.717, 1.165) is 24.4 Å². The van der Waals surface area contributed by atoms with Crippen LogP contribution in [0, 0.1) is 0 Å². The van der Waals surface area contributed by atoms with E-state index in [0.29, 0.717) is 18.1 Å². The van der Waals surface area contributed by atoms with Crippen LogP contribution in [0.2, 0.25) is 0 Å². The predicted octanol–water partition coefficient (Wildman–Crippen LogP) is 2.69. The molecule has 0 aliphatic carbocycles. The Bertz CT molecular complexity index is 684. The number of ether oxygens (including phenoxy) is 1. The van der Waals surface area contributed by atoms with Crippen molar-refractivity contribution in [1.29, 1.82) is 0 Å². The summed E-state index contributed by atoms with van der Waals surface area (Å²) in [5.41, 5.74) is 1.29. The third-order valence-corrected chi connectivity index (χ3v) is 3.46. The number of benzene rings is 1. The van der Waals surface area contributed by atoms with Crippen LogP contribution in [0.1, 0.15) is 30.6 Å². The number of rotatable bonds is 9. The Labute approximate surface area is 154 Å². The molecule has 0 aliphatic heterocycles. The van der Waals surface area contributed by atoms with Crippen molar-refractivity contribution in [3.63, 3.8) is 0 Å². The van der Waals surface area contributed by atoms with Gasteiger partial charge in [-0.1, -0.05) is 0 Å². The van der Waals surface area contributed by atoms with Crippen LogP contribution < -0.4 is 15.4 Å². The molecule has 0 aliphatic rings. The molecule has 26 heavy (non-hydrogen) atoms. The molecule has 1 heterocycles. The average molecular weight is 357 g/mol. The summed E-state index contributed by atoms with van der Waals surface area (Å²) in [6, 6.07) is 7.56. The highest BCUT2D eigenvalue weighted by Crippen LogP contribution is 2.19. The highest BCUT2D eigenvalue weighted by Gasteiger charge is 2.07. The maximum Gasteiger partial charge on any atom is 0.254 e. The van der Waals surface area contributed by atoms with Crippen molar-refractivity contribution in [3.05, 3.63) is 42.2 Å². The van der Waals surface area contributed by atoms with Gasteiger partial charge >= 0.3 is 0 Å². The lowest BCUT2D eigenvalue weighted by molar-refractivity contribution is 0.0951. The van der Waals surface area contributed by atoms with Crippen molar-refractivity contribution < 1.29 is 9.53 Å². The summed E-state index contributed by atoms with van der Waals surface area (Å²) in [4.78, 5) is 22.5. The molecule has 0 fully saturated rings. The first-order valence-corrected chi connectivity index (χ1v) is 8.73. The summed E-state index contributed by atoms with van der Waals surface area (Å²) in [5.74, 6) is 1.09. The summed E-state index contributed by atoms with van der Waals surface area (Å²) < 4.78 is 5.61. The Kier molecular flexibility index (Phi) is 7.35. The molecule has 1 aromatic heterocycles. The first kappa shape index (κ1) is 19.7. The number of carbonyl (C=O) groups excluding carboxylic acids is 1. The topological polar surface area (TPSA) is 79.4 Å². The number of hydrogen-bond donors (Lipinski definition) is 2. The fraction of sp³-hybridized carbons (Fsp3) is 0.421. The van der Waals surface area contributed by atoms with E-state index in [1.807, 2.05) is 52.2 Å². The third kappa shape index (κ3) is 6.68. The van der Waals surface area contributed by atoms with Gasteiger partial charge in [0.05, 0.1) is 11.7 Å². The van der Waals surface area contributed by atoms with E-state index in [9.17, 15) is 4.79 Å². The minimum atomic E-state index is -0.162. The number of anilines is 2. The van der Waals surface area contributed by atoms with E-state index in [4.69, 9.17) is 4.74 Å². The fourth-order valence-corrected chi connectivity index (χ4v) is 2.23. The van der Waals surface area contributed by atoms with Crippen LogP contribution in [-0.2, 0) is 0 Å². The van der Waals surface area contributed by atoms with Gasteiger partial charge in [0.25, 0.3) is 5.91 Å². The largest absolute Gasteiger partial charge is 0.491 e. The second-order valence-electron chi connectivity index (χ2n) is 6.52. The van der Waals surface area contributed by atoms with Crippen molar-refractivity contribution in [3.8, 4) is 5.75 Å². The summed E-state index contributed by atoms with van der Waals surface area (Å²) in [6.45, 7) is 5.53. The molecular formula is C19H27N5O2. The van der Waals surface area contributed by atoms with Gasteiger partial charge in [-0.2, -0.15) is 0 Å². The predicted molar refractivity (Wildman–Crippen MR) is 103 cm³/mol. The lowest BCUT2D eigenvalue weighted by atomic mass is 10.3. The van der Waals surface area contributed by atoms with E-state index in [2.05, 4.69) is 25.5 Å². The van der Waals surface area contributed by atoms with Gasteiger partial charge in [-0.05, 0) is 65.2 Å². The molecular weight excluding hydrogens is 330 g/mol. The van der Waals surface area contributed by atoms with Gasteiger partial charge in [0.2, 0.25) is 5.95 Å². The summed E-state index contributed by atoms with van der Waals surface area (Å²) >= 11 is 0. The van der Waals surface area contributed by atoms with Crippen molar-refractivity contribution in [2.45, 2.75) is 26.4 Å². The first-order chi connectivity index (χ1) is 12.4. The van der Waals surface area contributed by atoms with E-state index in [1.54, 1.807) is 0 Å². The lowest BCUT2D eigenvalue weighted by Gasteiger charge is -2.11. The Morgan fingerprint density at radius 2 is 1.81 bits per heavy atom. The molecule has 2 rings (SSSR count). The third-order valence-electron chi connectivity index (χ3n) is 3.46. The molecule has 0 saturated carbocycles. The highest BCUT2D eigenvalue weighted by atomic mass is 16.5. The second kappa shape index (κ2) is 9.72. The first-order valence-electron chi connectivity index (χ1n) is 8.73. The summed E-state index contributed by atoms with van der Waals surface area (Å²) in [6.07, 6.45) is 4.08. The standard InChI is InChI=1S/C19H27N5O2/c1-14(2)26-17-8-6-16(7-9-17)23-19-21-12-15(13-22-19)18(25)20-10-5-11-24(3)4/h6-9,12-14H,5,10-11H2,1-4H3,(H,20,25)(H,21,22,23). The van der Waals surface area contributed by atoms with E-state index in [-0.39, 0.29) is 12.0 Å². The Balaban J connectivity index is 1.85. The van der Waals surface area contributed by atoms with Crippen molar-refractivity contribution in [1.82, 2.24) is 20.2 Å². The van der Waals surface area contributed by atoms with Crippen LogP contribution in [0.3, 0.4) is 0 Å². The van der Waals surface area contributed by atoms with Crippen molar-refractivity contribution >= 4 is 17.5 Å². The van der Waals surface area contributed by atoms with Crippen LogP contribution in [0.25, 0.3) is 0 Å². The number of nitrogens with zero attached hydrogens (tertiary/aromatic N) is 3. The summed E-state index contributed by atoms with van der Waals surface area (Å²) in [5, 5.41) is 5.97. The smallest absolute Gasteiger partial charge is 0.254 e. The molecule has 7 nitrogen and oxygen atoms in total. The second-order valence-corrected chi connectivity index (χ2v) is 6.52. The molecule has 2 N–H and O–H groups in total. The van der Waals surface area contributed by atoms with Crippen LogP contribution in [-0.4, -0.2) is 54.1 Å². The van der Waals surface area contributed by atoms with E-state index < -0.39 is 0 Å². The monoisotopic (exact) mass is 357 g/mol. The molecule has 0 saturated heterocycles. The molecule has 1 amide bonds. The molecule has 140 valence electrons. The van der Waals surface area contributed by atoms with Gasteiger partial charge in [-0.25, -0.2) is 9.97 Å². The molecule has 1 aromatic carbocycles. The molecule has 0 radical (unpaired) electrons. The molecule has 0 bridgehead atoms. The number of nitrogens with one attached hydrogen (secondary N) is 2. The minimum Gasteiger partial charge on any atom is -0.491 e. The normalized spacial score (nSPS) is 10.8. The van der Waals surface area contributed by atoms with Gasteiger partial charge in [-0.15, -0.1) is 0 Å². The Morgan fingerprint density at radius 1 is 1.15 bits per heavy atom. The lowest BCUT2D eigenvalue weighted by Crippen LogP contribution is -2.27. The van der Waals surface area contributed by atoms with Crippen molar-refractivity contribution in [2.75, 3.05) is 32.5 Å². The van der Waals surface area contributed by atoms with E-state index in [1.165, 1.54) is 12.4 Å². The fourth-order valence-electron chi connectivity index (χ4n) is 2.23. The summed E-state index contributed by atoms with van der Waals surface area (Å²) in [7, 11) is 4.01. The number of aromatic nitrogens is 2. The number of hydrogen-bond acceptors (Lipinski definition) is 6. The molecule has 0 unspecified atom stereocenters. The van der Waals surface area contributed by atoms with Crippen LogP contribution in [0.15, 0.2) is 36.7 Å². The SMILES string of the molecule is CC(C)Oc1ccc(Nc2ncc(C(=O)NCCCN(C)C)cn2)cc1. The van der Waals surface area contributed by atoms with Gasteiger partial charge in [0.1, 0.15) is 5.75 Å². The zero-order valence-electron chi connectivity index (χ0n) is 15.8. The van der Waals surface area contributed by atoms with Gasteiger partial charge < -0.3 is 20.3 Å². The number of carbonyl (C=O) groups is 1. The Morgan fingerprint density at radius 3 is 2.38 bits per heavy atom. The highest BCUT2D eigenvalue weighted by molar-refractivity contribution is 5.93. The zero-order chi connectivity index (χ0) is 18.9.